The van der Waals surface area contributed by atoms with Crippen molar-refractivity contribution in [2.75, 3.05) is 0 Å². The van der Waals surface area contributed by atoms with Gasteiger partial charge in [-0.3, -0.25) is 0 Å². The Morgan fingerprint density at radius 3 is 2.15 bits per heavy atom. The van der Waals surface area contributed by atoms with Crippen LogP contribution in [0.1, 0.15) is 33.1 Å². The standard InChI is InChI=1S/C12H18P/c1-3-10-9-11(4-2)13(10)12-7-5-6-8-12/h5-8,10-11H,3-4,9H2,1-2H3. The molecule has 2 rings (SSSR count). The zero-order valence-corrected chi connectivity index (χ0v) is 9.43. The Morgan fingerprint density at radius 2 is 1.69 bits per heavy atom. The largest absolute Gasteiger partial charge is 0.0924 e. The summed E-state index contributed by atoms with van der Waals surface area (Å²) < 4.78 is 0. The van der Waals surface area contributed by atoms with Crippen molar-refractivity contribution in [2.45, 2.75) is 44.4 Å². The lowest BCUT2D eigenvalue weighted by molar-refractivity contribution is 0.604. The summed E-state index contributed by atoms with van der Waals surface area (Å²) in [4.78, 5) is 0. The predicted octanol–water partition coefficient (Wildman–Crippen LogP) is 3.79. The minimum atomic E-state index is 0.217. The molecule has 0 amide bonds. The molecule has 2 atom stereocenters. The van der Waals surface area contributed by atoms with E-state index in [4.69, 9.17) is 0 Å². The molecule has 13 heavy (non-hydrogen) atoms. The van der Waals surface area contributed by atoms with E-state index in [1.165, 1.54) is 19.3 Å². The van der Waals surface area contributed by atoms with Gasteiger partial charge in [-0.05, 0) is 56.3 Å². The highest BCUT2D eigenvalue weighted by atomic mass is 31.1. The molecule has 1 heterocycles. The molecule has 2 fully saturated rings. The summed E-state index contributed by atoms with van der Waals surface area (Å²) in [5.41, 5.74) is 3.71. The molecule has 2 aliphatic rings. The van der Waals surface area contributed by atoms with Gasteiger partial charge in [-0.25, -0.2) is 0 Å². The van der Waals surface area contributed by atoms with E-state index in [1.54, 1.807) is 5.66 Å². The van der Waals surface area contributed by atoms with Crippen LogP contribution in [0.15, 0.2) is 0 Å². The Balaban J connectivity index is 1.92. The van der Waals surface area contributed by atoms with E-state index in [-0.39, 0.29) is 7.92 Å². The maximum absolute atomic E-state index is 2.34. The topological polar surface area (TPSA) is 0 Å². The molecule has 1 saturated carbocycles. The zero-order chi connectivity index (χ0) is 9.26. The Morgan fingerprint density at radius 1 is 1.15 bits per heavy atom. The summed E-state index contributed by atoms with van der Waals surface area (Å²) in [7, 11) is 0.217. The molecule has 1 heteroatoms. The minimum Gasteiger partial charge on any atom is -0.0924 e. The molecule has 1 aliphatic heterocycles. The van der Waals surface area contributed by atoms with Gasteiger partial charge in [0.25, 0.3) is 0 Å². The summed E-state index contributed by atoms with van der Waals surface area (Å²) in [5.74, 6) is 0. The Bertz CT molecular complexity index is 151. The third-order valence-corrected chi connectivity index (χ3v) is 6.84. The van der Waals surface area contributed by atoms with Gasteiger partial charge in [-0.15, -0.1) is 0 Å². The van der Waals surface area contributed by atoms with Crippen molar-refractivity contribution in [1.82, 2.24) is 0 Å². The molecule has 0 N–H and O–H groups in total. The summed E-state index contributed by atoms with van der Waals surface area (Å²) in [6, 6.07) is 0. The van der Waals surface area contributed by atoms with Crippen molar-refractivity contribution in [3.05, 3.63) is 31.3 Å². The Kier molecular flexibility index (Phi) is 3.30. The van der Waals surface area contributed by atoms with Crippen molar-refractivity contribution in [3.8, 4) is 0 Å². The van der Waals surface area contributed by atoms with Crippen LogP contribution >= 0.6 is 7.92 Å². The lowest BCUT2D eigenvalue weighted by Gasteiger charge is -2.48. The van der Waals surface area contributed by atoms with Crippen LogP contribution in [0.5, 0.6) is 0 Å². The Hall–Kier alpha value is 0.430. The fourth-order valence-corrected chi connectivity index (χ4v) is 5.70. The number of rotatable bonds is 3. The molecule has 1 aliphatic carbocycles. The van der Waals surface area contributed by atoms with E-state index >= 15 is 0 Å². The summed E-state index contributed by atoms with van der Waals surface area (Å²) in [5, 5.41) is 0. The third kappa shape index (κ3) is 1.80. The number of hydrogen-bond donors (Lipinski definition) is 0. The maximum atomic E-state index is 2.34. The highest BCUT2D eigenvalue weighted by Crippen LogP contribution is 2.70. The third-order valence-electron chi connectivity index (χ3n) is 3.22. The van der Waals surface area contributed by atoms with Gasteiger partial charge in [-0.2, -0.15) is 0 Å². The monoisotopic (exact) mass is 193 g/mol. The van der Waals surface area contributed by atoms with E-state index in [2.05, 4.69) is 39.5 Å². The van der Waals surface area contributed by atoms with Crippen LogP contribution in [0.4, 0.5) is 0 Å². The predicted molar refractivity (Wildman–Crippen MR) is 60.1 cm³/mol. The molecule has 5 radical (unpaired) electrons. The van der Waals surface area contributed by atoms with Crippen LogP contribution in [-0.4, -0.2) is 11.3 Å². The van der Waals surface area contributed by atoms with E-state index in [0.717, 1.165) is 11.3 Å². The number of hydrogen-bond acceptors (Lipinski definition) is 0. The van der Waals surface area contributed by atoms with Crippen molar-refractivity contribution < 1.29 is 0 Å². The van der Waals surface area contributed by atoms with E-state index in [1.807, 2.05) is 0 Å². The van der Waals surface area contributed by atoms with Gasteiger partial charge < -0.3 is 0 Å². The summed E-state index contributed by atoms with van der Waals surface area (Å²) in [6.07, 6.45) is 13.3. The van der Waals surface area contributed by atoms with E-state index in [0.29, 0.717) is 0 Å². The van der Waals surface area contributed by atoms with Gasteiger partial charge in [0.1, 0.15) is 0 Å². The van der Waals surface area contributed by atoms with Crippen molar-refractivity contribution in [1.29, 1.82) is 0 Å². The molecule has 0 aromatic carbocycles. The molecule has 1 saturated heterocycles. The van der Waals surface area contributed by atoms with Crippen LogP contribution in [0.2, 0.25) is 0 Å². The molecule has 2 unspecified atom stereocenters. The fourth-order valence-electron chi connectivity index (χ4n) is 2.39. The maximum Gasteiger partial charge on any atom is 0.00803 e. The lowest BCUT2D eigenvalue weighted by Crippen LogP contribution is -2.31. The first-order valence-corrected chi connectivity index (χ1v) is 6.84. The van der Waals surface area contributed by atoms with Crippen LogP contribution in [0, 0.1) is 31.3 Å². The molecule has 0 aromatic heterocycles. The van der Waals surface area contributed by atoms with Crippen LogP contribution in [0.3, 0.4) is 0 Å². The van der Waals surface area contributed by atoms with Gasteiger partial charge in [0.05, 0.1) is 0 Å². The molecule has 0 nitrogen and oxygen atoms in total. The molecule has 0 spiro atoms. The average molecular weight is 193 g/mol. The van der Waals surface area contributed by atoms with Gasteiger partial charge in [0, 0.05) is 5.66 Å². The van der Waals surface area contributed by atoms with Crippen LogP contribution in [0.25, 0.3) is 0 Å². The first kappa shape index (κ1) is 9.97. The highest BCUT2D eigenvalue weighted by molar-refractivity contribution is 7.64. The second-order valence-corrected chi connectivity index (χ2v) is 6.70. The van der Waals surface area contributed by atoms with E-state index in [9.17, 15) is 0 Å². The fraction of sp³-hybridized carbons (Fsp3) is 0.583. The second kappa shape index (κ2) is 4.30. The van der Waals surface area contributed by atoms with Crippen LogP contribution in [-0.2, 0) is 0 Å². The van der Waals surface area contributed by atoms with Crippen molar-refractivity contribution in [3.63, 3.8) is 0 Å². The van der Waals surface area contributed by atoms with Gasteiger partial charge in [0.2, 0.25) is 0 Å². The smallest absolute Gasteiger partial charge is 0.00803 e. The normalized spacial score (nSPS) is 40.6. The minimum absolute atomic E-state index is 0.217. The van der Waals surface area contributed by atoms with E-state index < -0.39 is 0 Å². The first-order valence-electron chi connectivity index (χ1n) is 5.36. The van der Waals surface area contributed by atoms with Gasteiger partial charge in [0.15, 0.2) is 0 Å². The average Bonchev–Trinajstić information content (AvgIpc) is 2.57. The second-order valence-electron chi connectivity index (χ2n) is 3.91. The quantitative estimate of drug-likeness (QED) is 0.598. The van der Waals surface area contributed by atoms with Crippen LogP contribution < -0.4 is 0 Å². The molecule has 0 bridgehead atoms. The molecule has 0 aromatic rings. The Labute approximate surface area is 84.2 Å². The lowest BCUT2D eigenvalue weighted by atomic mass is 10.1. The van der Waals surface area contributed by atoms with Gasteiger partial charge >= 0.3 is 0 Å². The zero-order valence-electron chi connectivity index (χ0n) is 8.53. The van der Waals surface area contributed by atoms with Crippen molar-refractivity contribution >= 4 is 7.92 Å². The molecular formula is C12H18P. The SMILES string of the molecule is CCC1CC(CC)P1[C]1[CH][CH][CH][CH]1. The van der Waals surface area contributed by atoms with Crippen molar-refractivity contribution in [2.24, 2.45) is 0 Å². The summed E-state index contributed by atoms with van der Waals surface area (Å²) >= 11 is 0. The molecular weight excluding hydrogens is 175 g/mol. The molecule has 71 valence electrons. The first-order chi connectivity index (χ1) is 6.36. The summed E-state index contributed by atoms with van der Waals surface area (Å²) in [6.45, 7) is 4.68. The van der Waals surface area contributed by atoms with Gasteiger partial charge in [-0.1, -0.05) is 21.8 Å². The highest BCUT2D eigenvalue weighted by Gasteiger charge is 2.43.